The molecule has 92 valence electrons. The summed E-state index contributed by atoms with van der Waals surface area (Å²) in [7, 11) is 0. The zero-order chi connectivity index (χ0) is 12.8. The van der Waals surface area contributed by atoms with Gasteiger partial charge in [-0.3, -0.25) is 4.98 Å². The maximum absolute atomic E-state index is 5.71. The molecule has 4 heteroatoms. The maximum atomic E-state index is 5.71. The lowest BCUT2D eigenvalue weighted by molar-refractivity contribution is 0.321. The first-order valence-electron chi connectivity index (χ1n) is 5.68. The molecule has 0 amide bonds. The minimum absolute atomic E-state index is 0.356. The number of nitrogens with two attached hydrogens (primary N) is 1. The Morgan fingerprint density at radius 1 is 1.17 bits per heavy atom. The molecular weight excluding hydrogens is 244 g/mol. The van der Waals surface area contributed by atoms with Crippen LogP contribution in [0.5, 0.6) is 5.75 Å². The summed E-state index contributed by atoms with van der Waals surface area (Å²) < 4.78 is 5.71. The smallest absolute Gasteiger partial charge is 0.129 e. The SMILES string of the molecule is NC(=S)c1ccccc1OCCc1ccncc1. The molecule has 0 saturated carbocycles. The summed E-state index contributed by atoms with van der Waals surface area (Å²) in [5.74, 6) is 0.735. The summed E-state index contributed by atoms with van der Waals surface area (Å²) >= 11 is 4.98. The Labute approximate surface area is 112 Å². The highest BCUT2D eigenvalue weighted by molar-refractivity contribution is 7.80. The molecular formula is C14H14N2OS. The lowest BCUT2D eigenvalue weighted by Crippen LogP contribution is -2.12. The van der Waals surface area contributed by atoms with Crippen LogP contribution in [0.15, 0.2) is 48.8 Å². The molecule has 1 aromatic carbocycles. The summed E-state index contributed by atoms with van der Waals surface area (Å²) in [5.41, 5.74) is 7.61. The summed E-state index contributed by atoms with van der Waals surface area (Å²) in [5, 5.41) is 0. The fourth-order valence-corrected chi connectivity index (χ4v) is 1.79. The number of nitrogens with zero attached hydrogens (tertiary/aromatic N) is 1. The number of hydrogen-bond donors (Lipinski definition) is 1. The van der Waals surface area contributed by atoms with Crippen LogP contribution in [0.1, 0.15) is 11.1 Å². The van der Waals surface area contributed by atoms with Crippen LogP contribution in [-0.4, -0.2) is 16.6 Å². The van der Waals surface area contributed by atoms with Gasteiger partial charge in [0.2, 0.25) is 0 Å². The lowest BCUT2D eigenvalue weighted by atomic mass is 10.2. The molecule has 0 unspecified atom stereocenters. The van der Waals surface area contributed by atoms with E-state index < -0.39 is 0 Å². The highest BCUT2D eigenvalue weighted by Crippen LogP contribution is 2.17. The molecule has 0 aliphatic rings. The third-order valence-corrected chi connectivity index (χ3v) is 2.77. The van der Waals surface area contributed by atoms with Gasteiger partial charge in [-0.05, 0) is 29.8 Å². The molecule has 0 bridgehead atoms. The van der Waals surface area contributed by atoms with Crippen molar-refractivity contribution in [3.63, 3.8) is 0 Å². The van der Waals surface area contributed by atoms with E-state index in [4.69, 9.17) is 22.7 Å². The molecule has 18 heavy (non-hydrogen) atoms. The summed E-state index contributed by atoms with van der Waals surface area (Å²) in [6.07, 6.45) is 4.38. The lowest BCUT2D eigenvalue weighted by Gasteiger charge is -2.10. The predicted molar refractivity (Wildman–Crippen MR) is 75.8 cm³/mol. The number of pyridine rings is 1. The average molecular weight is 258 g/mol. The number of aromatic nitrogens is 1. The molecule has 0 atom stereocenters. The van der Waals surface area contributed by atoms with E-state index in [2.05, 4.69) is 4.98 Å². The third-order valence-electron chi connectivity index (χ3n) is 2.55. The minimum atomic E-state index is 0.356. The first-order chi connectivity index (χ1) is 8.77. The fraction of sp³-hybridized carbons (Fsp3) is 0.143. The highest BCUT2D eigenvalue weighted by atomic mass is 32.1. The first kappa shape index (κ1) is 12.5. The summed E-state index contributed by atoms with van der Waals surface area (Å²) in [6, 6.07) is 11.5. The Morgan fingerprint density at radius 3 is 2.61 bits per heavy atom. The van der Waals surface area contributed by atoms with E-state index in [1.807, 2.05) is 36.4 Å². The molecule has 0 fully saturated rings. The van der Waals surface area contributed by atoms with Gasteiger partial charge in [0.1, 0.15) is 10.7 Å². The van der Waals surface area contributed by atoms with Crippen molar-refractivity contribution in [2.24, 2.45) is 5.73 Å². The van der Waals surface area contributed by atoms with Crippen LogP contribution >= 0.6 is 12.2 Å². The van der Waals surface area contributed by atoms with Crippen molar-refractivity contribution in [2.75, 3.05) is 6.61 Å². The van der Waals surface area contributed by atoms with Gasteiger partial charge in [-0.15, -0.1) is 0 Å². The molecule has 1 aromatic heterocycles. The topological polar surface area (TPSA) is 48.1 Å². The van der Waals surface area contributed by atoms with Gasteiger partial charge >= 0.3 is 0 Å². The number of para-hydroxylation sites is 1. The Kier molecular flexibility index (Phi) is 4.25. The van der Waals surface area contributed by atoms with Crippen molar-refractivity contribution in [3.05, 3.63) is 59.9 Å². The van der Waals surface area contributed by atoms with Gasteiger partial charge in [0.15, 0.2) is 0 Å². The quantitative estimate of drug-likeness (QED) is 0.836. The van der Waals surface area contributed by atoms with E-state index in [0.717, 1.165) is 17.7 Å². The number of thiocarbonyl (C=S) groups is 1. The van der Waals surface area contributed by atoms with Crippen molar-refractivity contribution >= 4 is 17.2 Å². The molecule has 2 aromatic rings. The van der Waals surface area contributed by atoms with Gasteiger partial charge in [-0.1, -0.05) is 24.4 Å². The highest BCUT2D eigenvalue weighted by Gasteiger charge is 2.04. The molecule has 0 aliphatic heterocycles. The molecule has 0 spiro atoms. The Balaban J connectivity index is 1.97. The third kappa shape index (κ3) is 3.28. The van der Waals surface area contributed by atoms with E-state index in [1.54, 1.807) is 12.4 Å². The standard InChI is InChI=1S/C14H14N2OS/c15-14(18)12-3-1-2-4-13(12)17-10-7-11-5-8-16-9-6-11/h1-6,8-9H,7,10H2,(H2,15,18). The zero-order valence-electron chi connectivity index (χ0n) is 9.87. The van der Waals surface area contributed by atoms with Gasteiger partial charge < -0.3 is 10.5 Å². The van der Waals surface area contributed by atoms with Crippen molar-refractivity contribution in [1.82, 2.24) is 4.98 Å². The average Bonchev–Trinajstić information content (AvgIpc) is 2.40. The molecule has 0 radical (unpaired) electrons. The van der Waals surface area contributed by atoms with Crippen LogP contribution in [0.4, 0.5) is 0 Å². The van der Waals surface area contributed by atoms with Gasteiger partial charge in [0.05, 0.1) is 12.2 Å². The van der Waals surface area contributed by atoms with Crippen LogP contribution < -0.4 is 10.5 Å². The fourth-order valence-electron chi connectivity index (χ4n) is 1.62. The predicted octanol–water partition coefficient (Wildman–Crippen LogP) is 2.34. The molecule has 1 heterocycles. The molecule has 3 nitrogen and oxygen atoms in total. The normalized spacial score (nSPS) is 10.0. The Morgan fingerprint density at radius 2 is 1.89 bits per heavy atom. The van der Waals surface area contributed by atoms with Gasteiger partial charge in [0, 0.05) is 18.8 Å². The zero-order valence-corrected chi connectivity index (χ0v) is 10.7. The Hall–Kier alpha value is -1.94. The second-order valence-corrected chi connectivity index (χ2v) is 4.25. The molecule has 2 rings (SSSR count). The van der Waals surface area contributed by atoms with E-state index in [-0.39, 0.29) is 0 Å². The Bertz CT molecular complexity index is 528. The summed E-state index contributed by atoms with van der Waals surface area (Å²) in [4.78, 5) is 4.33. The van der Waals surface area contributed by atoms with E-state index in [1.165, 1.54) is 5.56 Å². The summed E-state index contributed by atoms with van der Waals surface area (Å²) in [6.45, 7) is 0.587. The van der Waals surface area contributed by atoms with Gasteiger partial charge in [-0.2, -0.15) is 0 Å². The number of hydrogen-bond acceptors (Lipinski definition) is 3. The van der Waals surface area contributed by atoms with Crippen LogP contribution in [0.25, 0.3) is 0 Å². The minimum Gasteiger partial charge on any atom is -0.493 e. The molecule has 0 aliphatic carbocycles. The van der Waals surface area contributed by atoms with Crippen molar-refractivity contribution in [2.45, 2.75) is 6.42 Å². The molecule has 0 saturated heterocycles. The maximum Gasteiger partial charge on any atom is 0.129 e. The van der Waals surface area contributed by atoms with Gasteiger partial charge in [0.25, 0.3) is 0 Å². The first-order valence-corrected chi connectivity index (χ1v) is 6.09. The van der Waals surface area contributed by atoms with E-state index in [0.29, 0.717) is 11.6 Å². The van der Waals surface area contributed by atoms with Crippen LogP contribution in [-0.2, 0) is 6.42 Å². The largest absolute Gasteiger partial charge is 0.493 e. The second-order valence-electron chi connectivity index (χ2n) is 3.81. The van der Waals surface area contributed by atoms with Crippen molar-refractivity contribution in [1.29, 1.82) is 0 Å². The van der Waals surface area contributed by atoms with E-state index in [9.17, 15) is 0 Å². The van der Waals surface area contributed by atoms with Crippen molar-refractivity contribution in [3.8, 4) is 5.75 Å². The van der Waals surface area contributed by atoms with Crippen LogP contribution in [0, 0.1) is 0 Å². The van der Waals surface area contributed by atoms with Crippen LogP contribution in [0.2, 0.25) is 0 Å². The number of rotatable bonds is 5. The number of benzene rings is 1. The molecule has 2 N–H and O–H groups in total. The van der Waals surface area contributed by atoms with Crippen LogP contribution in [0.3, 0.4) is 0 Å². The van der Waals surface area contributed by atoms with Gasteiger partial charge in [-0.25, -0.2) is 0 Å². The van der Waals surface area contributed by atoms with Crippen molar-refractivity contribution < 1.29 is 4.74 Å². The van der Waals surface area contributed by atoms with E-state index >= 15 is 0 Å². The second kappa shape index (κ2) is 6.12. The number of ether oxygens (including phenoxy) is 1. The monoisotopic (exact) mass is 258 g/mol.